The molecule has 1 heterocycles. The first-order chi connectivity index (χ1) is 10.9. The highest BCUT2D eigenvalue weighted by Crippen LogP contribution is 2.37. The molecule has 0 radical (unpaired) electrons. The fraction of sp³-hybridized carbons (Fsp3) is 0.118. The highest BCUT2D eigenvalue weighted by molar-refractivity contribution is 7.90. The molecule has 23 heavy (non-hydrogen) atoms. The summed E-state index contributed by atoms with van der Waals surface area (Å²) in [5, 5.41) is 19.9. The number of nitriles is 1. The van der Waals surface area contributed by atoms with E-state index in [1.165, 1.54) is 18.2 Å². The summed E-state index contributed by atoms with van der Waals surface area (Å²) in [4.78, 5) is 0.125. The lowest BCUT2D eigenvalue weighted by Crippen LogP contribution is -2.14. The minimum Gasteiger partial charge on any atom is -0.505 e. The van der Waals surface area contributed by atoms with Crippen LogP contribution in [0.4, 0.5) is 0 Å². The molecule has 0 bridgehead atoms. The van der Waals surface area contributed by atoms with Gasteiger partial charge in [0.1, 0.15) is 5.75 Å². The van der Waals surface area contributed by atoms with Crippen LogP contribution in [0.3, 0.4) is 0 Å². The first-order valence-corrected chi connectivity index (χ1v) is 8.37. The van der Waals surface area contributed by atoms with Gasteiger partial charge in [-0.15, -0.1) is 0 Å². The number of aromatic nitrogens is 1. The molecule has 2 aromatic carbocycles. The molecule has 0 aliphatic rings. The number of benzene rings is 2. The van der Waals surface area contributed by atoms with Crippen molar-refractivity contribution in [3.63, 3.8) is 0 Å². The van der Waals surface area contributed by atoms with Crippen molar-refractivity contribution in [3.8, 4) is 11.8 Å². The first kappa shape index (κ1) is 15.1. The normalized spacial score (nSPS) is 11.5. The lowest BCUT2D eigenvalue weighted by Gasteiger charge is -2.10. The van der Waals surface area contributed by atoms with Crippen LogP contribution in [0.15, 0.2) is 47.4 Å². The molecule has 0 aliphatic carbocycles. The van der Waals surface area contributed by atoms with Crippen molar-refractivity contribution in [1.82, 2.24) is 3.97 Å². The van der Waals surface area contributed by atoms with Gasteiger partial charge in [-0.1, -0.05) is 18.2 Å². The van der Waals surface area contributed by atoms with E-state index in [0.29, 0.717) is 22.0 Å². The Hall–Kier alpha value is -2.78. The van der Waals surface area contributed by atoms with E-state index < -0.39 is 10.0 Å². The van der Waals surface area contributed by atoms with Crippen LogP contribution in [0.2, 0.25) is 0 Å². The number of hydrogen-bond acceptors (Lipinski definition) is 4. The molecule has 6 heteroatoms. The Labute approximate surface area is 134 Å². The van der Waals surface area contributed by atoms with Crippen LogP contribution >= 0.6 is 0 Å². The molecule has 0 saturated heterocycles. The van der Waals surface area contributed by atoms with Gasteiger partial charge in [-0.05, 0) is 43.7 Å². The summed E-state index contributed by atoms with van der Waals surface area (Å²) in [6, 6.07) is 13.1. The number of nitrogens with zero attached hydrogens (tertiary/aromatic N) is 2. The Morgan fingerprint density at radius 2 is 1.78 bits per heavy atom. The van der Waals surface area contributed by atoms with E-state index in [0.717, 1.165) is 3.97 Å². The summed E-state index contributed by atoms with van der Waals surface area (Å²) >= 11 is 0. The number of aromatic hydroxyl groups is 1. The predicted octanol–water partition coefficient (Wildman–Crippen LogP) is 3.07. The SMILES string of the molecule is Cc1cc(C#N)cc2c1c(O)c(C)n2S(=O)(=O)c1ccccc1. The van der Waals surface area contributed by atoms with Gasteiger partial charge in [0.05, 0.1) is 27.7 Å². The quantitative estimate of drug-likeness (QED) is 0.784. The maximum absolute atomic E-state index is 13.0. The van der Waals surface area contributed by atoms with Crippen molar-refractivity contribution in [1.29, 1.82) is 5.26 Å². The molecular weight excluding hydrogens is 312 g/mol. The third-order valence-corrected chi connectivity index (χ3v) is 5.65. The fourth-order valence-corrected chi connectivity index (χ4v) is 4.33. The van der Waals surface area contributed by atoms with Crippen molar-refractivity contribution in [2.75, 3.05) is 0 Å². The largest absolute Gasteiger partial charge is 0.505 e. The molecule has 116 valence electrons. The Balaban J connectivity index is 2.46. The number of fused-ring (bicyclic) bond motifs is 1. The van der Waals surface area contributed by atoms with Crippen molar-refractivity contribution in [2.24, 2.45) is 0 Å². The lowest BCUT2D eigenvalue weighted by atomic mass is 10.1. The topological polar surface area (TPSA) is 83.1 Å². The molecule has 1 aromatic heterocycles. The van der Waals surface area contributed by atoms with Gasteiger partial charge >= 0.3 is 0 Å². The summed E-state index contributed by atoms with van der Waals surface area (Å²) < 4.78 is 27.0. The molecular formula is C17H14N2O3S. The smallest absolute Gasteiger partial charge is 0.268 e. The van der Waals surface area contributed by atoms with Crippen LogP contribution in [0.5, 0.6) is 5.75 Å². The fourth-order valence-electron chi connectivity index (χ4n) is 2.77. The maximum Gasteiger partial charge on any atom is 0.268 e. The van der Waals surface area contributed by atoms with Gasteiger partial charge in [0.2, 0.25) is 0 Å². The summed E-state index contributed by atoms with van der Waals surface area (Å²) in [6.45, 7) is 3.28. The minimum absolute atomic E-state index is 0.0819. The van der Waals surface area contributed by atoms with E-state index >= 15 is 0 Å². The standard InChI is InChI=1S/C17H14N2O3S/c1-11-8-13(10-18)9-15-16(11)17(20)12(2)19(15)23(21,22)14-6-4-3-5-7-14/h3-9,20H,1-2H3. The van der Waals surface area contributed by atoms with E-state index in [1.54, 1.807) is 38.1 Å². The van der Waals surface area contributed by atoms with E-state index in [2.05, 4.69) is 0 Å². The predicted molar refractivity (Wildman–Crippen MR) is 86.8 cm³/mol. The van der Waals surface area contributed by atoms with Crippen LogP contribution in [0.1, 0.15) is 16.8 Å². The van der Waals surface area contributed by atoms with Gasteiger partial charge in [-0.3, -0.25) is 0 Å². The van der Waals surface area contributed by atoms with Gasteiger partial charge in [0.15, 0.2) is 0 Å². The van der Waals surface area contributed by atoms with Crippen molar-refractivity contribution >= 4 is 20.9 Å². The molecule has 0 spiro atoms. The van der Waals surface area contributed by atoms with Crippen molar-refractivity contribution < 1.29 is 13.5 Å². The molecule has 1 N–H and O–H groups in total. The zero-order chi connectivity index (χ0) is 16.8. The average molecular weight is 326 g/mol. The van der Waals surface area contributed by atoms with E-state index in [4.69, 9.17) is 5.26 Å². The molecule has 0 amide bonds. The zero-order valence-electron chi connectivity index (χ0n) is 12.6. The van der Waals surface area contributed by atoms with Gasteiger partial charge in [0.25, 0.3) is 10.0 Å². The Morgan fingerprint density at radius 1 is 1.13 bits per heavy atom. The molecule has 5 nitrogen and oxygen atoms in total. The number of aryl methyl sites for hydroxylation is 1. The maximum atomic E-state index is 13.0. The summed E-state index contributed by atoms with van der Waals surface area (Å²) in [5.74, 6) is -0.0819. The second-order valence-electron chi connectivity index (χ2n) is 5.32. The minimum atomic E-state index is -3.87. The molecule has 0 unspecified atom stereocenters. The van der Waals surface area contributed by atoms with Crippen LogP contribution in [0, 0.1) is 25.2 Å². The summed E-state index contributed by atoms with van der Waals surface area (Å²) in [7, 11) is -3.87. The molecule has 3 rings (SSSR count). The average Bonchev–Trinajstić information content (AvgIpc) is 2.80. The van der Waals surface area contributed by atoms with Gasteiger partial charge < -0.3 is 5.11 Å². The van der Waals surface area contributed by atoms with E-state index in [9.17, 15) is 13.5 Å². The zero-order valence-corrected chi connectivity index (χ0v) is 13.4. The van der Waals surface area contributed by atoms with Crippen molar-refractivity contribution in [2.45, 2.75) is 18.7 Å². The lowest BCUT2D eigenvalue weighted by molar-refractivity contribution is 0.475. The van der Waals surface area contributed by atoms with Crippen LogP contribution in [-0.4, -0.2) is 17.5 Å². The third kappa shape index (κ3) is 2.17. The Morgan fingerprint density at radius 3 is 2.39 bits per heavy atom. The Kier molecular flexibility index (Phi) is 3.38. The summed E-state index contributed by atoms with van der Waals surface area (Å²) in [6.07, 6.45) is 0. The highest BCUT2D eigenvalue weighted by Gasteiger charge is 2.25. The van der Waals surface area contributed by atoms with E-state index in [-0.39, 0.29) is 16.3 Å². The third-order valence-electron chi connectivity index (χ3n) is 3.83. The van der Waals surface area contributed by atoms with Crippen LogP contribution in [0.25, 0.3) is 10.9 Å². The van der Waals surface area contributed by atoms with E-state index in [1.807, 2.05) is 6.07 Å². The highest BCUT2D eigenvalue weighted by atomic mass is 32.2. The Bertz CT molecular complexity index is 1060. The molecule has 0 aliphatic heterocycles. The van der Waals surface area contributed by atoms with Crippen molar-refractivity contribution in [3.05, 3.63) is 59.3 Å². The first-order valence-electron chi connectivity index (χ1n) is 6.93. The second kappa shape index (κ2) is 5.14. The van der Waals surface area contributed by atoms with Crippen LogP contribution in [-0.2, 0) is 10.0 Å². The molecule has 3 aromatic rings. The monoisotopic (exact) mass is 326 g/mol. The molecule has 0 fully saturated rings. The summed E-state index contributed by atoms with van der Waals surface area (Å²) in [5.41, 5.74) is 1.53. The molecule has 0 atom stereocenters. The second-order valence-corrected chi connectivity index (χ2v) is 7.10. The van der Waals surface area contributed by atoms with Crippen LogP contribution < -0.4 is 0 Å². The molecule has 0 saturated carbocycles. The van der Waals surface area contributed by atoms with Gasteiger partial charge in [-0.2, -0.15) is 5.26 Å². The van der Waals surface area contributed by atoms with Gasteiger partial charge in [0, 0.05) is 5.39 Å². The van der Waals surface area contributed by atoms with Gasteiger partial charge in [-0.25, -0.2) is 12.4 Å². The number of hydrogen-bond donors (Lipinski definition) is 1. The number of rotatable bonds is 2.